The monoisotopic (exact) mass is 234 g/mol. The van der Waals surface area contributed by atoms with Crippen molar-refractivity contribution in [2.24, 2.45) is 0 Å². The molecule has 1 aromatic heterocycles. The zero-order valence-corrected chi connectivity index (χ0v) is 11.0. The lowest BCUT2D eigenvalue weighted by molar-refractivity contribution is 0.0682. The van der Waals surface area contributed by atoms with Gasteiger partial charge in [-0.1, -0.05) is 6.07 Å². The molecule has 0 spiro atoms. The highest BCUT2D eigenvalue weighted by atomic mass is 15.2. The van der Waals surface area contributed by atoms with E-state index in [-0.39, 0.29) is 0 Å². The molecule has 1 aromatic rings. The van der Waals surface area contributed by atoms with E-state index in [4.69, 9.17) is 5.73 Å². The second-order valence-electron chi connectivity index (χ2n) is 5.25. The molecule has 0 aromatic carbocycles. The van der Waals surface area contributed by atoms with Crippen molar-refractivity contribution in [3.8, 4) is 0 Å². The molecule has 0 atom stereocenters. The molecule has 4 nitrogen and oxygen atoms in total. The van der Waals surface area contributed by atoms with Gasteiger partial charge in [0.05, 0.1) is 0 Å². The van der Waals surface area contributed by atoms with Crippen molar-refractivity contribution in [3.63, 3.8) is 0 Å². The summed E-state index contributed by atoms with van der Waals surface area (Å²) >= 11 is 0. The Morgan fingerprint density at radius 1 is 1.29 bits per heavy atom. The largest absolute Gasteiger partial charge is 0.384 e. The van der Waals surface area contributed by atoms with Gasteiger partial charge >= 0.3 is 0 Å². The summed E-state index contributed by atoms with van der Waals surface area (Å²) in [5.74, 6) is 1.54. The summed E-state index contributed by atoms with van der Waals surface area (Å²) in [6.45, 7) is 1.01. The molecule has 2 N–H and O–H groups in total. The van der Waals surface area contributed by atoms with Gasteiger partial charge in [-0.2, -0.15) is 0 Å². The Bertz CT molecular complexity index is 385. The molecule has 0 saturated heterocycles. The fraction of sp³-hybridized carbons (Fsp3) is 0.615. The summed E-state index contributed by atoms with van der Waals surface area (Å²) in [4.78, 5) is 8.91. The Hall–Kier alpha value is -1.29. The highest BCUT2D eigenvalue weighted by Gasteiger charge is 2.40. The summed E-state index contributed by atoms with van der Waals surface area (Å²) in [6, 6.07) is 5.79. The third kappa shape index (κ3) is 2.36. The van der Waals surface area contributed by atoms with Crippen molar-refractivity contribution in [1.82, 2.24) is 9.88 Å². The average Bonchev–Trinajstić information content (AvgIpc) is 2.22. The van der Waals surface area contributed by atoms with Gasteiger partial charge in [-0.25, -0.2) is 4.98 Å². The van der Waals surface area contributed by atoms with Crippen LogP contribution in [-0.4, -0.2) is 43.1 Å². The molecule has 0 unspecified atom stereocenters. The van der Waals surface area contributed by atoms with Gasteiger partial charge in [0.1, 0.15) is 11.6 Å². The first-order chi connectivity index (χ1) is 8.03. The first-order valence-corrected chi connectivity index (χ1v) is 6.15. The molecule has 0 radical (unpaired) electrons. The minimum absolute atomic E-state index is 0.320. The van der Waals surface area contributed by atoms with Crippen LogP contribution in [0.4, 0.5) is 11.6 Å². The lowest BCUT2D eigenvalue weighted by Crippen LogP contribution is -2.56. The second kappa shape index (κ2) is 4.53. The lowest BCUT2D eigenvalue weighted by atomic mass is 9.75. The van der Waals surface area contributed by atoms with E-state index in [1.165, 1.54) is 19.3 Å². The third-order valence-electron chi connectivity index (χ3n) is 3.91. The number of nitrogen functional groups attached to an aromatic ring is 1. The van der Waals surface area contributed by atoms with Gasteiger partial charge in [-0.05, 0) is 45.5 Å². The minimum Gasteiger partial charge on any atom is -0.384 e. The van der Waals surface area contributed by atoms with Crippen molar-refractivity contribution in [2.45, 2.75) is 24.8 Å². The number of likely N-dealkylation sites (N-methyl/N-ethyl adjacent to an activating group) is 2. The van der Waals surface area contributed by atoms with Crippen molar-refractivity contribution in [2.75, 3.05) is 38.3 Å². The SMILES string of the molecule is CN(CC1(N(C)C)CCC1)c1cccc(N)n1. The molecule has 1 saturated carbocycles. The van der Waals surface area contributed by atoms with Gasteiger partial charge in [-0.15, -0.1) is 0 Å². The topological polar surface area (TPSA) is 45.4 Å². The molecule has 0 aliphatic heterocycles. The number of hydrogen-bond acceptors (Lipinski definition) is 4. The highest BCUT2D eigenvalue weighted by Crippen LogP contribution is 2.37. The Morgan fingerprint density at radius 3 is 2.47 bits per heavy atom. The van der Waals surface area contributed by atoms with Crippen LogP contribution in [0.25, 0.3) is 0 Å². The molecule has 17 heavy (non-hydrogen) atoms. The summed E-state index contributed by atoms with van der Waals surface area (Å²) in [5, 5.41) is 0. The van der Waals surface area contributed by atoms with Gasteiger partial charge in [0.15, 0.2) is 0 Å². The molecule has 1 heterocycles. The highest BCUT2D eigenvalue weighted by molar-refractivity contribution is 5.44. The van der Waals surface area contributed by atoms with E-state index < -0.39 is 0 Å². The van der Waals surface area contributed by atoms with E-state index in [2.05, 4.69) is 35.9 Å². The van der Waals surface area contributed by atoms with E-state index >= 15 is 0 Å². The zero-order valence-electron chi connectivity index (χ0n) is 11.0. The minimum atomic E-state index is 0.320. The number of hydrogen-bond donors (Lipinski definition) is 1. The maximum absolute atomic E-state index is 5.72. The van der Waals surface area contributed by atoms with Crippen molar-refractivity contribution >= 4 is 11.6 Å². The fourth-order valence-electron chi connectivity index (χ4n) is 2.51. The molecule has 94 valence electrons. The predicted molar refractivity (Wildman–Crippen MR) is 72.2 cm³/mol. The molecular formula is C13H22N4. The van der Waals surface area contributed by atoms with Crippen LogP contribution in [0.15, 0.2) is 18.2 Å². The van der Waals surface area contributed by atoms with Crippen LogP contribution in [0.3, 0.4) is 0 Å². The molecule has 1 aliphatic rings. The number of nitrogens with two attached hydrogens (primary N) is 1. The standard InChI is InChI=1S/C13H22N4/c1-16(2)13(8-5-9-13)10-17(3)12-7-4-6-11(14)15-12/h4,6-7H,5,8-10H2,1-3H3,(H2,14,15). The molecule has 1 aliphatic carbocycles. The van der Waals surface area contributed by atoms with Crippen molar-refractivity contribution < 1.29 is 0 Å². The van der Waals surface area contributed by atoms with Gasteiger partial charge in [0.2, 0.25) is 0 Å². The normalized spacial score (nSPS) is 17.9. The molecule has 2 rings (SSSR count). The number of nitrogens with zero attached hydrogens (tertiary/aromatic N) is 3. The average molecular weight is 234 g/mol. The van der Waals surface area contributed by atoms with Crippen LogP contribution >= 0.6 is 0 Å². The maximum Gasteiger partial charge on any atom is 0.130 e. The van der Waals surface area contributed by atoms with E-state index in [0.717, 1.165) is 12.4 Å². The summed E-state index contributed by atoms with van der Waals surface area (Å²) in [7, 11) is 6.42. The van der Waals surface area contributed by atoms with E-state index in [0.29, 0.717) is 11.4 Å². The van der Waals surface area contributed by atoms with Crippen LogP contribution < -0.4 is 10.6 Å². The molecule has 0 bridgehead atoms. The zero-order chi connectivity index (χ0) is 12.5. The van der Waals surface area contributed by atoms with Crippen molar-refractivity contribution in [3.05, 3.63) is 18.2 Å². The Balaban J connectivity index is 2.08. The summed E-state index contributed by atoms with van der Waals surface area (Å²) < 4.78 is 0. The molecule has 0 amide bonds. The van der Waals surface area contributed by atoms with Gasteiger partial charge in [-0.3, -0.25) is 0 Å². The van der Waals surface area contributed by atoms with E-state index in [1.807, 2.05) is 18.2 Å². The number of aromatic nitrogens is 1. The Morgan fingerprint density at radius 2 is 2.00 bits per heavy atom. The molecule has 1 fully saturated rings. The first-order valence-electron chi connectivity index (χ1n) is 6.15. The number of anilines is 2. The molecule has 4 heteroatoms. The number of pyridine rings is 1. The summed E-state index contributed by atoms with van der Waals surface area (Å²) in [5.41, 5.74) is 6.04. The van der Waals surface area contributed by atoms with E-state index in [9.17, 15) is 0 Å². The number of rotatable bonds is 4. The van der Waals surface area contributed by atoms with Crippen LogP contribution in [-0.2, 0) is 0 Å². The van der Waals surface area contributed by atoms with Gasteiger partial charge in [0, 0.05) is 19.1 Å². The van der Waals surface area contributed by atoms with Crippen LogP contribution in [0.1, 0.15) is 19.3 Å². The summed E-state index contributed by atoms with van der Waals surface area (Å²) in [6.07, 6.45) is 3.87. The Kier molecular flexibility index (Phi) is 3.24. The maximum atomic E-state index is 5.72. The van der Waals surface area contributed by atoms with Crippen LogP contribution in [0.5, 0.6) is 0 Å². The smallest absolute Gasteiger partial charge is 0.130 e. The van der Waals surface area contributed by atoms with Gasteiger partial charge < -0.3 is 15.5 Å². The van der Waals surface area contributed by atoms with Crippen LogP contribution in [0, 0.1) is 0 Å². The third-order valence-corrected chi connectivity index (χ3v) is 3.91. The Labute approximate surface area is 103 Å². The second-order valence-corrected chi connectivity index (χ2v) is 5.25. The fourth-order valence-corrected chi connectivity index (χ4v) is 2.51. The molecular weight excluding hydrogens is 212 g/mol. The van der Waals surface area contributed by atoms with E-state index in [1.54, 1.807) is 0 Å². The predicted octanol–water partition coefficient (Wildman–Crippen LogP) is 1.58. The lowest BCUT2D eigenvalue weighted by Gasteiger charge is -2.49. The first kappa shape index (κ1) is 12.2. The van der Waals surface area contributed by atoms with Crippen molar-refractivity contribution in [1.29, 1.82) is 0 Å². The van der Waals surface area contributed by atoms with Gasteiger partial charge in [0.25, 0.3) is 0 Å². The van der Waals surface area contributed by atoms with Crippen LogP contribution in [0.2, 0.25) is 0 Å². The quantitative estimate of drug-likeness (QED) is 0.859.